The van der Waals surface area contributed by atoms with E-state index in [9.17, 15) is 0 Å². The van der Waals surface area contributed by atoms with E-state index in [1.54, 1.807) is 0 Å². The van der Waals surface area contributed by atoms with Gasteiger partial charge in [0.25, 0.3) is 0 Å². The largest absolute Gasteiger partial charge is 0.308 e. The van der Waals surface area contributed by atoms with E-state index < -0.39 is 0 Å². The zero-order valence-electron chi connectivity index (χ0n) is 9.75. The van der Waals surface area contributed by atoms with Crippen LogP contribution in [0.15, 0.2) is 30.3 Å². The van der Waals surface area contributed by atoms with E-state index in [4.69, 9.17) is 0 Å². The lowest BCUT2D eigenvalue weighted by Crippen LogP contribution is -2.42. The molecule has 2 heteroatoms. The molecule has 0 amide bonds. The van der Waals surface area contributed by atoms with Crippen LogP contribution in [-0.2, 0) is 6.42 Å². The molecule has 0 aliphatic heterocycles. The first-order valence-electron chi connectivity index (χ1n) is 5.24. The second-order valence-corrected chi connectivity index (χ2v) is 6.85. The number of hydrogen-bond acceptors (Lipinski definition) is 1. The summed E-state index contributed by atoms with van der Waals surface area (Å²) in [6, 6.07) is 10.8. The highest BCUT2D eigenvalue weighted by Gasteiger charge is 2.19. The molecule has 0 spiro atoms. The summed E-state index contributed by atoms with van der Waals surface area (Å²) in [6.07, 6.45) is 2.45. The smallest absolute Gasteiger partial charge is 0.0280 e. The normalized spacial score (nSPS) is 15.7. The van der Waals surface area contributed by atoms with Crippen molar-refractivity contribution in [2.75, 3.05) is 14.1 Å². The van der Waals surface area contributed by atoms with Crippen molar-refractivity contribution < 1.29 is 0 Å². The number of hydrogen-bond donors (Lipinski definition) is 0. The molecular formula is C12H21NSi. The molecule has 0 N–H and O–H groups in total. The highest BCUT2D eigenvalue weighted by molar-refractivity contribution is 6.14. The highest BCUT2D eigenvalue weighted by Crippen LogP contribution is 2.15. The lowest BCUT2D eigenvalue weighted by molar-refractivity contribution is 0.253. The Kier molecular flexibility index (Phi) is 3.90. The Morgan fingerprint density at radius 2 is 1.79 bits per heavy atom. The average Bonchev–Trinajstić information content (AvgIpc) is 2.16. The second kappa shape index (κ2) is 4.76. The third-order valence-corrected chi connectivity index (χ3v) is 4.47. The molecule has 0 aliphatic rings. The van der Waals surface area contributed by atoms with Crippen molar-refractivity contribution in [3.8, 4) is 0 Å². The van der Waals surface area contributed by atoms with E-state index in [1.807, 2.05) is 0 Å². The lowest BCUT2D eigenvalue weighted by atomic mass is 10.1. The van der Waals surface area contributed by atoms with Crippen molar-refractivity contribution in [2.45, 2.75) is 24.9 Å². The molecule has 1 aromatic carbocycles. The van der Waals surface area contributed by atoms with Gasteiger partial charge in [0.1, 0.15) is 0 Å². The second-order valence-electron chi connectivity index (χ2n) is 4.69. The summed E-state index contributed by atoms with van der Waals surface area (Å²) in [5, 5.41) is 0.426. The van der Waals surface area contributed by atoms with Gasteiger partial charge in [0.05, 0.1) is 0 Å². The van der Waals surface area contributed by atoms with Crippen LogP contribution in [0.2, 0.25) is 0 Å². The lowest BCUT2D eigenvalue weighted by Gasteiger charge is -2.32. The van der Waals surface area contributed by atoms with Gasteiger partial charge in [-0.1, -0.05) is 37.3 Å². The molecule has 0 fully saturated rings. The van der Waals surface area contributed by atoms with E-state index in [-0.39, 0.29) is 0 Å². The molecular weight excluding hydrogens is 186 g/mol. The van der Waals surface area contributed by atoms with Gasteiger partial charge in [-0.25, -0.2) is 0 Å². The predicted molar refractivity (Wildman–Crippen MR) is 66.8 cm³/mol. The Balaban J connectivity index is 2.49. The minimum atomic E-state index is 0.426. The first-order valence-corrected chi connectivity index (χ1v) is 6.24. The maximum absolute atomic E-state index is 2.35. The van der Waals surface area contributed by atoms with Crippen molar-refractivity contribution >= 4 is 10.2 Å². The average molecular weight is 207 g/mol. The Bertz CT molecular complexity index is 267. The monoisotopic (exact) mass is 207 g/mol. The molecule has 1 rings (SSSR count). The molecule has 1 aromatic rings. The van der Waals surface area contributed by atoms with Crippen LogP contribution in [0.4, 0.5) is 0 Å². The van der Waals surface area contributed by atoms with E-state index in [2.05, 4.69) is 56.3 Å². The number of nitrogens with zero attached hydrogens (tertiary/aromatic N) is 1. The van der Waals surface area contributed by atoms with Crippen molar-refractivity contribution in [1.82, 2.24) is 4.90 Å². The molecule has 1 unspecified atom stereocenters. The van der Waals surface area contributed by atoms with Gasteiger partial charge in [0.2, 0.25) is 0 Å². The van der Waals surface area contributed by atoms with Crippen LogP contribution in [0.1, 0.15) is 18.9 Å². The topological polar surface area (TPSA) is 3.24 Å². The van der Waals surface area contributed by atoms with Gasteiger partial charge in [-0.15, -0.1) is 0 Å². The Labute approximate surface area is 90.6 Å². The summed E-state index contributed by atoms with van der Waals surface area (Å²) >= 11 is 0. The summed E-state index contributed by atoms with van der Waals surface area (Å²) in [6.45, 7) is 2.35. The summed E-state index contributed by atoms with van der Waals surface area (Å²) in [5.74, 6) is 0. The third kappa shape index (κ3) is 3.27. The van der Waals surface area contributed by atoms with Gasteiger partial charge in [-0.2, -0.15) is 0 Å². The van der Waals surface area contributed by atoms with Gasteiger partial charge in [0.15, 0.2) is 0 Å². The van der Waals surface area contributed by atoms with Crippen molar-refractivity contribution in [2.24, 2.45) is 0 Å². The third-order valence-electron chi connectivity index (χ3n) is 3.08. The summed E-state index contributed by atoms with van der Waals surface area (Å²) in [4.78, 5) is 2.35. The fourth-order valence-corrected chi connectivity index (χ4v) is 1.57. The van der Waals surface area contributed by atoms with Crippen LogP contribution >= 0.6 is 0 Å². The van der Waals surface area contributed by atoms with Gasteiger partial charge in [-0.3, -0.25) is 0 Å². The fraction of sp³-hybridized carbons (Fsp3) is 0.500. The van der Waals surface area contributed by atoms with E-state index in [1.165, 1.54) is 28.6 Å². The quantitative estimate of drug-likeness (QED) is 0.672. The minimum Gasteiger partial charge on any atom is -0.308 e. The summed E-state index contributed by atoms with van der Waals surface area (Å²) in [7, 11) is 5.58. The molecule has 0 aliphatic carbocycles. The van der Waals surface area contributed by atoms with Crippen LogP contribution in [0.3, 0.4) is 0 Å². The number of benzene rings is 1. The maximum Gasteiger partial charge on any atom is 0.0280 e. The number of aryl methyl sites for hydroxylation is 1. The maximum atomic E-state index is 2.35. The van der Waals surface area contributed by atoms with Crippen LogP contribution < -0.4 is 0 Å². The standard InChI is InChI=1S/C12H21NSi/c1-12(14,13(2)3)10-9-11-7-5-4-6-8-11/h4-8H,9-10H2,1-3,14H3. The van der Waals surface area contributed by atoms with Crippen LogP contribution in [0.25, 0.3) is 0 Å². The first-order chi connectivity index (χ1) is 6.52. The SMILES string of the molecule is CN(C)C(C)([SiH3])CCc1ccccc1. The van der Waals surface area contributed by atoms with E-state index in [0.29, 0.717) is 5.16 Å². The summed E-state index contributed by atoms with van der Waals surface area (Å²) < 4.78 is 0. The Morgan fingerprint density at radius 3 is 2.29 bits per heavy atom. The Morgan fingerprint density at radius 1 is 1.21 bits per heavy atom. The van der Waals surface area contributed by atoms with E-state index >= 15 is 0 Å². The molecule has 0 saturated carbocycles. The predicted octanol–water partition coefficient (Wildman–Crippen LogP) is 1.26. The molecule has 0 saturated heterocycles. The zero-order chi connectivity index (χ0) is 10.6. The molecule has 78 valence electrons. The van der Waals surface area contributed by atoms with Gasteiger partial charge < -0.3 is 4.90 Å². The van der Waals surface area contributed by atoms with Crippen LogP contribution in [-0.4, -0.2) is 34.4 Å². The van der Waals surface area contributed by atoms with Crippen molar-refractivity contribution in [3.05, 3.63) is 35.9 Å². The van der Waals surface area contributed by atoms with Crippen molar-refractivity contribution in [3.63, 3.8) is 0 Å². The molecule has 0 radical (unpaired) electrons. The molecule has 0 bridgehead atoms. The van der Waals surface area contributed by atoms with Gasteiger partial charge in [0, 0.05) is 15.4 Å². The minimum absolute atomic E-state index is 0.426. The van der Waals surface area contributed by atoms with Crippen LogP contribution in [0.5, 0.6) is 0 Å². The van der Waals surface area contributed by atoms with Crippen molar-refractivity contribution in [1.29, 1.82) is 0 Å². The molecule has 0 heterocycles. The zero-order valence-corrected chi connectivity index (χ0v) is 11.7. The van der Waals surface area contributed by atoms with Gasteiger partial charge in [-0.05, 0) is 32.5 Å². The molecule has 1 nitrogen and oxygen atoms in total. The molecule has 1 atom stereocenters. The van der Waals surface area contributed by atoms with Gasteiger partial charge >= 0.3 is 0 Å². The van der Waals surface area contributed by atoms with E-state index in [0.717, 1.165) is 0 Å². The molecule has 14 heavy (non-hydrogen) atoms. The highest BCUT2D eigenvalue weighted by atomic mass is 28.1. The first kappa shape index (κ1) is 11.5. The van der Waals surface area contributed by atoms with Crippen LogP contribution in [0, 0.1) is 0 Å². The summed E-state index contributed by atoms with van der Waals surface area (Å²) in [5.41, 5.74) is 1.46. The number of rotatable bonds is 4. The fourth-order valence-electron chi connectivity index (χ4n) is 1.32. The Hall–Kier alpha value is -0.603. The molecule has 0 aromatic heterocycles.